The van der Waals surface area contributed by atoms with E-state index in [1.54, 1.807) is 12.1 Å². The lowest BCUT2D eigenvalue weighted by atomic mass is 10.1. The van der Waals surface area contributed by atoms with Gasteiger partial charge in [0.25, 0.3) is 11.8 Å². The summed E-state index contributed by atoms with van der Waals surface area (Å²) in [6.45, 7) is 7.44. The molecular formula is C27H27N3O5. The summed E-state index contributed by atoms with van der Waals surface area (Å²) in [4.78, 5) is 25.3. The number of amides is 2. The molecule has 180 valence electrons. The normalized spacial score (nSPS) is 10.7. The first kappa shape index (κ1) is 23.8. The van der Waals surface area contributed by atoms with Gasteiger partial charge in [-0.1, -0.05) is 41.6 Å². The van der Waals surface area contributed by atoms with Crippen LogP contribution in [-0.4, -0.2) is 23.6 Å². The number of aryl methyl sites for hydroxylation is 4. The maximum Gasteiger partial charge on any atom is 0.276 e. The molecule has 35 heavy (non-hydrogen) atoms. The highest BCUT2D eigenvalue weighted by molar-refractivity contribution is 6.02. The van der Waals surface area contributed by atoms with Crippen LogP contribution < -0.4 is 20.3 Å². The highest BCUT2D eigenvalue weighted by atomic mass is 16.5. The van der Waals surface area contributed by atoms with Crippen molar-refractivity contribution in [3.63, 3.8) is 0 Å². The lowest BCUT2D eigenvalue weighted by Gasteiger charge is -2.14. The van der Waals surface area contributed by atoms with E-state index in [0.29, 0.717) is 17.3 Å². The maximum absolute atomic E-state index is 13.0. The number of fused-ring (bicyclic) bond motifs is 1. The molecule has 1 heterocycles. The third kappa shape index (κ3) is 5.60. The van der Waals surface area contributed by atoms with Gasteiger partial charge in [0.2, 0.25) is 0 Å². The number of hydrogen-bond donors (Lipinski definition) is 2. The van der Waals surface area contributed by atoms with Crippen LogP contribution in [0.3, 0.4) is 0 Å². The Morgan fingerprint density at radius 1 is 0.886 bits per heavy atom. The van der Waals surface area contributed by atoms with Gasteiger partial charge in [-0.2, -0.15) is 0 Å². The van der Waals surface area contributed by atoms with Crippen molar-refractivity contribution >= 4 is 22.6 Å². The van der Waals surface area contributed by atoms with E-state index in [2.05, 4.69) is 16.0 Å². The molecular weight excluding hydrogens is 446 g/mol. The number of carbonyl (C=O) groups excluding carboxylic acids is 2. The minimum absolute atomic E-state index is 0.190. The standard InChI is InChI=1S/C27H27N3O5/c1-16-9-10-17(2)24(11-16)34-15-26(31)28-29-27(32)22-12-20-7-5-6-8-21(20)13-25(22)33-14-23-18(3)30-35-19(23)4/h5-13H,14-15H2,1-4H3,(H,28,31)(H,29,32). The molecule has 0 radical (unpaired) electrons. The second-order valence-electron chi connectivity index (χ2n) is 8.35. The Bertz CT molecular complexity index is 1370. The Hall–Kier alpha value is -4.33. The number of aromatic nitrogens is 1. The Balaban J connectivity index is 1.46. The molecule has 0 saturated heterocycles. The first-order valence-corrected chi connectivity index (χ1v) is 11.2. The molecule has 0 aliphatic rings. The van der Waals surface area contributed by atoms with Crippen LogP contribution in [0.4, 0.5) is 0 Å². The van der Waals surface area contributed by atoms with Gasteiger partial charge >= 0.3 is 0 Å². The molecule has 4 rings (SSSR count). The van der Waals surface area contributed by atoms with E-state index in [-0.39, 0.29) is 18.8 Å². The van der Waals surface area contributed by atoms with Gasteiger partial charge in [0.1, 0.15) is 23.9 Å². The van der Waals surface area contributed by atoms with E-state index in [1.165, 1.54) is 0 Å². The molecule has 0 saturated carbocycles. The van der Waals surface area contributed by atoms with E-state index < -0.39 is 11.8 Å². The van der Waals surface area contributed by atoms with Crippen LogP contribution in [0.25, 0.3) is 10.8 Å². The van der Waals surface area contributed by atoms with Crippen molar-refractivity contribution in [2.24, 2.45) is 0 Å². The summed E-state index contributed by atoms with van der Waals surface area (Å²) >= 11 is 0. The van der Waals surface area contributed by atoms with Crippen molar-refractivity contribution in [3.8, 4) is 11.5 Å². The number of ether oxygens (including phenoxy) is 2. The lowest BCUT2D eigenvalue weighted by molar-refractivity contribution is -0.123. The molecule has 8 nitrogen and oxygen atoms in total. The average Bonchev–Trinajstić information content (AvgIpc) is 3.17. The quantitative estimate of drug-likeness (QED) is 0.384. The van der Waals surface area contributed by atoms with Crippen LogP contribution in [0.5, 0.6) is 11.5 Å². The van der Waals surface area contributed by atoms with Crippen LogP contribution in [0.2, 0.25) is 0 Å². The highest BCUT2D eigenvalue weighted by Gasteiger charge is 2.17. The summed E-state index contributed by atoms with van der Waals surface area (Å²) in [6, 6.07) is 16.9. The summed E-state index contributed by atoms with van der Waals surface area (Å²) in [5, 5.41) is 5.73. The molecule has 2 N–H and O–H groups in total. The molecule has 0 unspecified atom stereocenters. The average molecular weight is 474 g/mol. The molecule has 1 aromatic heterocycles. The van der Waals surface area contributed by atoms with Gasteiger partial charge in [-0.25, -0.2) is 0 Å². The van der Waals surface area contributed by atoms with Gasteiger partial charge < -0.3 is 14.0 Å². The maximum atomic E-state index is 13.0. The Kier molecular flexibility index (Phi) is 7.01. The van der Waals surface area contributed by atoms with Crippen molar-refractivity contribution < 1.29 is 23.6 Å². The number of hydrazine groups is 1. The topological polar surface area (TPSA) is 103 Å². The van der Waals surface area contributed by atoms with Crippen molar-refractivity contribution in [2.75, 3.05) is 6.61 Å². The third-order valence-electron chi connectivity index (χ3n) is 5.66. The zero-order valence-corrected chi connectivity index (χ0v) is 20.1. The summed E-state index contributed by atoms with van der Waals surface area (Å²) < 4.78 is 16.8. The fourth-order valence-electron chi connectivity index (χ4n) is 3.61. The Morgan fingerprint density at radius 3 is 2.34 bits per heavy atom. The number of nitrogens with one attached hydrogen (secondary N) is 2. The summed E-state index contributed by atoms with van der Waals surface area (Å²) in [5.74, 6) is 0.659. The number of carbonyl (C=O) groups is 2. The predicted molar refractivity (Wildman–Crippen MR) is 131 cm³/mol. The molecule has 0 fully saturated rings. The third-order valence-corrected chi connectivity index (χ3v) is 5.66. The second-order valence-corrected chi connectivity index (χ2v) is 8.35. The zero-order chi connectivity index (χ0) is 24.9. The van der Waals surface area contributed by atoms with Gasteiger partial charge in [0.05, 0.1) is 16.8 Å². The van der Waals surface area contributed by atoms with Gasteiger partial charge in [-0.3, -0.25) is 20.4 Å². The van der Waals surface area contributed by atoms with Crippen LogP contribution in [-0.2, 0) is 11.4 Å². The highest BCUT2D eigenvalue weighted by Crippen LogP contribution is 2.28. The summed E-state index contributed by atoms with van der Waals surface area (Å²) in [7, 11) is 0. The fraction of sp³-hybridized carbons (Fsp3) is 0.222. The minimum atomic E-state index is -0.510. The van der Waals surface area contributed by atoms with E-state index in [1.807, 2.05) is 70.2 Å². The van der Waals surface area contributed by atoms with E-state index in [0.717, 1.165) is 33.2 Å². The Labute approximate surface area is 203 Å². The smallest absolute Gasteiger partial charge is 0.276 e. The molecule has 2 amide bonds. The predicted octanol–water partition coefficient (Wildman–Crippen LogP) is 4.48. The fourth-order valence-corrected chi connectivity index (χ4v) is 3.61. The summed E-state index contributed by atoms with van der Waals surface area (Å²) in [5.41, 5.74) is 8.64. The number of rotatable bonds is 7. The number of nitrogens with zero attached hydrogens (tertiary/aromatic N) is 1. The SMILES string of the molecule is Cc1ccc(C)c(OCC(=O)NNC(=O)c2cc3ccccc3cc2OCc2c(C)noc2C)c1. The summed E-state index contributed by atoms with van der Waals surface area (Å²) in [6.07, 6.45) is 0. The minimum Gasteiger partial charge on any atom is -0.488 e. The lowest BCUT2D eigenvalue weighted by Crippen LogP contribution is -2.44. The van der Waals surface area contributed by atoms with Crippen LogP contribution >= 0.6 is 0 Å². The van der Waals surface area contributed by atoms with Crippen molar-refractivity contribution in [3.05, 3.63) is 88.3 Å². The van der Waals surface area contributed by atoms with Gasteiger partial charge in [-0.05, 0) is 67.8 Å². The molecule has 0 atom stereocenters. The van der Waals surface area contributed by atoms with Crippen LogP contribution in [0, 0.1) is 27.7 Å². The van der Waals surface area contributed by atoms with Crippen molar-refractivity contribution in [2.45, 2.75) is 34.3 Å². The second kappa shape index (κ2) is 10.3. The van der Waals surface area contributed by atoms with Crippen molar-refractivity contribution in [1.82, 2.24) is 16.0 Å². The zero-order valence-electron chi connectivity index (χ0n) is 20.1. The number of benzene rings is 3. The molecule has 4 aromatic rings. The van der Waals surface area contributed by atoms with Gasteiger partial charge in [-0.15, -0.1) is 0 Å². The van der Waals surface area contributed by atoms with E-state index >= 15 is 0 Å². The largest absolute Gasteiger partial charge is 0.488 e. The Morgan fingerprint density at radius 2 is 1.63 bits per heavy atom. The van der Waals surface area contributed by atoms with Gasteiger partial charge in [0.15, 0.2) is 6.61 Å². The first-order valence-electron chi connectivity index (χ1n) is 11.2. The molecule has 0 spiro atoms. The van der Waals surface area contributed by atoms with Crippen molar-refractivity contribution in [1.29, 1.82) is 0 Å². The number of hydrogen-bond acceptors (Lipinski definition) is 6. The molecule has 0 bridgehead atoms. The molecule has 8 heteroatoms. The first-order chi connectivity index (χ1) is 16.8. The molecule has 0 aliphatic heterocycles. The van der Waals surface area contributed by atoms with Crippen LogP contribution in [0.1, 0.15) is 38.5 Å². The van der Waals surface area contributed by atoms with E-state index in [9.17, 15) is 9.59 Å². The molecule has 0 aliphatic carbocycles. The van der Waals surface area contributed by atoms with Crippen LogP contribution in [0.15, 0.2) is 59.1 Å². The van der Waals surface area contributed by atoms with Gasteiger partial charge in [0, 0.05) is 0 Å². The molecule has 3 aromatic carbocycles. The van der Waals surface area contributed by atoms with E-state index in [4.69, 9.17) is 14.0 Å². The monoisotopic (exact) mass is 473 g/mol.